The summed E-state index contributed by atoms with van der Waals surface area (Å²) in [4.78, 5) is 11.9. The highest BCUT2D eigenvalue weighted by Crippen LogP contribution is 2.51. The SMILES string of the molecule is COC(=O)C1=C(O)[C@@H]2OC(c3ccco3)=C(c3ccc(C(F)(F)F)cc3)[C@@H]2C1. The number of fused-ring (bicyclic) bond motifs is 1. The van der Waals surface area contributed by atoms with Crippen LogP contribution >= 0.6 is 0 Å². The minimum atomic E-state index is -4.45. The van der Waals surface area contributed by atoms with E-state index in [1.807, 2.05) is 0 Å². The van der Waals surface area contributed by atoms with Crippen LogP contribution in [0.1, 0.15) is 23.3 Å². The van der Waals surface area contributed by atoms with E-state index in [4.69, 9.17) is 13.9 Å². The number of carbonyl (C=O) groups is 1. The van der Waals surface area contributed by atoms with Crippen molar-refractivity contribution in [2.24, 2.45) is 5.92 Å². The van der Waals surface area contributed by atoms with Crippen LogP contribution in [0, 0.1) is 5.92 Å². The topological polar surface area (TPSA) is 68.9 Å². The zero-order chi connectivity index (χ0) is 20.1. The quantitative estimate of drug-likeness (QED) is 0.775. The average molecular weight is 392 g/mol. The number of ether oxygens (including phenoxy) is 2. The largest absolute Gasteiger partial charge is 0.508 e. The minimum absolute atomic E-state index is 0.0976. The van der Waals surface area contributed by atoms with Gasteiger partial charge in [0, 0.05) is 11.5 Å². The van der Waals surface area contributed by atoms with Gasteiger partial charge < -0.3 is 19.0 Å². The Balaban J connectivity index is 1.77. The van der Waals surface area contributed by atoms with Gasteiger partial charge in [-0.15, -0.1) is 0 Å². The highest BCUT2D eigenvalue weighted by molar-refractivity contribution is 5.95. The maximum absolute atomic E-state index is 12.9. The molecule has 28 heavy (non-hydrogen) atoms. The van der Waals surface area contributed by atoms with Gasteiger partial charge in [0.25, 0.3) is 0 Å². The molecular weight excluding hydrogens is 377 g/mol. The van der Waals surface area contributed by atoms with Crippen molar-refractivity contribution in [1.82, 2.24) is 0 Å². The van der Waals surface area contributed by atoms with Gasteiger partial charge in [0.15, 0.2) is 17.6 Å². The van der Waals surface area contributed by atoms with Crippen LogP contribution in [0.4, 0.5) is 13.2 Å². The maximum Gasteiger partial charge on any atom is 0.416 e. The number of aliphatic hydroxyl groups excluding tert-OH is 1. The molecule has 2 atom stereocenters. The Morgan fingerprint density at radius 2 is 1.93 bits per heavy atom. The molecule has 0 spiro atoms. The van der Waals surface area contributed by atoms with Gasteiger partial charge in [0.05, 0.1) is 24.5 Å². The third kappa shape index (κ3) is 2.85. The molecule has 0 radical (unpaired) electrons. The lowest BCUT2D eigenvalue weighted by atomic mass is 9.88. The number of hydrogen-bond donors (Lipinski definition) is 1. The summed E-state index contributed by atoms with van der Waals surface area (Å²) in [5, 5.41) is 10.4. The van der Waals surface area contributed by atoms with E-state index in [1.54, 1.807) is 12.1 Å². The number of alkyl halides is 3. The number of hydrogen-bond acceptors (Lipinski definition) is 5. The Kier molecular flexibility index (Phi) is 4.21. The molecule has 1 aromatic heterocycles. The molecule has 8 heteroatoms. The lowest BCUT2D eigenvalue weighted by molar-refractivity contribution is -0.138. The second kappa shape index (κ2) is 6.47. The fraction of sp³-hybridized carbons (Fsp3) is 0.250. The van der Waals surface area contributed by atoms with Crippen molar-refractivity contribution >= 4 is 17.3 Å². The molecule has 0 saturated heterocycles. The van der Waals surface area contributed by atoms with Crippen molar-refractivity contribution in [3.8, 4) is 0 Å². The van der Waals surface area contributed by atoms with Crippen LogP contribution in [-0.4, -0.2) is 24.3 Å². The van der Waals surface area contributed by atoms with Crippen molar-refractivity contribution in [3.05, 3.63) is 70.9 Å². The van der Waals surface area contributed by atoms with Crippen LogP contribution in [0.2, 0.25) is 0 Å². The monoisotopic (exact) mass is 392 g/mol. The Bertz CT molecular complexity index is 968. The van der Waals surface area contributed by atoms with E-state index in [9.17, 15) is 23.1 Å². The van der Waals surface area contributed by atoms with Crippen LogP contribution in [0.15, 0.2) is 58.4 Å². The predicted molar refractivity (Wildman–Crippen MR) is 91.6 cm³/mol. The summed E-state index contributed by atoms with van der Waals surface area (Å²) in [5.41, 5.74) is 0.389. The average Bonchev–Trinajstić information content (AvgIpc) is 3.37. The van der Waals surface area contributed by atoms with Crippen molar-refractivity contribution in [3.63, 3.8) is 0 Å². The normalized spacial score (nSPS) is 21.7. The molecule has 0 saturated carbocycles. The third-order valence-electron chi connectivity index (χ3n) is 4.93. The van der Waals surface area contributed by atoms with Gasteiger partial charge in [-0.2, -0.15) is 13.2 Å². The highest BCUT2D eigenvalue weighted by Gasteiger charge is 2.48. The predicted octanol–water partition coefficient (Wildman–Crippen LogP) is 4.57. The van der Waals surface area contributed by atoms with E-state index in [2.05, 4.69) is 0 Å². The minimum Gasteiger partial charge on any atom is -0.508 e. The molecule has 2 aliphatic rings. The summed E-state index contributed by atoms with van der Waals surface area (Å²) in [6, 6.07) is 7.97. The molecule has 4 rings (SSSR count). The second-order valence-electron chi connectivity index (χ2n) is 6.50. The molecule has 0 bridgehead atoms. The van der Waals surface area contributed by atoms with Crippen molar-refractivity contribution in [2.45, 2.75) is 18.7 Å². The van der Waals surface area contributed by atoms with Gasteiger partial charge in [0.1, 0.15) is 5.76 Å². The smallest absolute Gasteiger partial charge is 0.416 e. The number of halogens is 3. The number of aliphatic hydroxyl groups is 1. The number of benzene rings is 1. The molecule has 146 valence electrons. The van der Waals surface area contributed by atoms with Gasteiger partial charge in [-0.3, -0.25) is 0 Å². The molecule has 1 aromatic carbocycles. The summed E-state index contributed by atoms with van der Waals surface area (Å²) >= 11 is 0. The Hall–Kier alpha value is -3.16. The summed E-state index contributed by atoms with van der Waals surface area (Å²) in [6.07, 6.45) is -3.69. The molecule has 1 N–H and O–H groups in total. The van der Waals surface area contributed by atoms with Gasteiger partial charge in [-0.05, 0) is 36.2 Å². The van der Waals surface area contributed by atoms with E-state index in [1.165, 1.54) is 25.5 Å². The first-order valence-electron chi connectivity index (χ1n) is 8.44. The summed E-state index contributed by atoms with van der Waals surface area (Å²) in [5.74, 6) is -0.637. The molecule has 2 heterocycles. The van der Waals surface area contributed by atoms with Crippen LogP contribution in [0.3, 0.4) is 0 Å². The van der Waals surface area contributed by atoms with E-state index >= 15 is 0 Å². The molecule has 0 amide bonds. The van der Waals surface area contributed by atoms with Crippen molar-refractivity contribution < 1.29 is 37.0 Å². The first-order chi connectivity index (χ1) is 13.3. The van der Waals surface area contributed by atoms with Crippen molar-refractivity contribution in [1.29, 1.82) is 0 Å². The van der Waals surface area contributed by atoms with Crippen LogP contribution in [0.5, 0.6) is 0 Å². The first-order valence-corrected chi connectivity index (χ1v) is 8.44. The number of carbonyl (C=O) groups excluding carboxylic acids is 1. The zero-order valence-corrected chi connectivity index (χ0v) is 14.6. The van der Waals surface area contributed by atoms with Crippen LogP contribution < -0.4 is 0 Å². The third-order valence-corrected chi connectivity index (χ3v) is 4.93. The fourth-order valence-corrected chi connectivity index (χ4v) is 3.64. The lowest BCUT2D eigenvalue weighted by Gasteiger charge is -2.13. The van der Waals surface area contributed by atoms with E-state index in [0.29, 0.717) is 22.7 Å². The lowest BCUT2D eigenvalue weighted by Crippen LogP contribution is -2.15. The Morgan fingerprint density at radius 1 is 1.21 bits per heavy atom. The summed E-state index contributed by atoms with van der Waals surface area (Å²) in [7, 11) is 1.21. The van der Waals surface area contributed by atoms with Crippen LogP contribution in [-0.2, 0) is 20.4 Å². The Labute approximate surface area is 157 Å². The van der Waals surface area contributed by atoms with Gasteiger partial charge in [-0.1, -0.05) is 12.1 Å². The number of rotatable bonds is 3. The maximum atomic E-state index is 12.9. The molecule has 2 aromatic rings. The molecule has 0 fully saturated rings. The molecule has 1 aliphatic carbocycles. The summed E-state index contributed by atoms with van der Waals surface area (Å²) < 4.78 is 54.7. The highest BCUT2D eigenvalue weighted by atomic mass is 19.4. The second-order valence-corrected chi connectivity index (χ2v) is 6.50. The van der Waals surface area contributed by atoms with E-state index in [0.717, 1.165) is 12.1 Å². The van der Waals surface area contributed by atoms with Gasteiger partial charge >= 0.3 is 12.1 Å². The Morgan fingerprint density at radius 3 is 2.50 bits per heavy atom. The molecule has 1 aliphatic heterocycles. The zero-order valence-electron chi connectivity index (χ0n) is 14.6. The van der Waals surface area contributed by atoms with Gasteiger partial charge in [-0.25, -0.2) is 4.79 Å². The molecule has 5 nitrogen and oxygen atoms in total. The van der Waals surface area contributed by atoms with Crippen LogP contribution in [0.25, 0.3) is 11.3 Å². The first kappa shape index (κ1) is 18.2. The number of esters is 1. The standard InChI is InChI=1S/C20H15F3O5/c1-26-19(25)13-9-12-15(10-4-6-11(7-5-10)20(21,22)23)18(14-3-2-8-27-14)28-17(12)16(13)24/h2-8,12,17,24H,9H2,1H3/t12-,17+/m0/s1. The van der Waals surface area contributed by atoms with Crippen molar-refractivity contribution in [2.75, 3.05) is 7.11 Å². The summed E-state index contributed by atoms with van der Waals surface area (Å²) in [6.45, 7) is 0. The molecular formula is C20H15F3O5. The molecule has 0 unspecified atom stereocenters. The van der Waals surface area contributed by atoms with Gasteiger partial charge in [0.2, 0.25) is 0 Å². The number of furan rings is 1. The fourth-order valence-electron chi connectivity index (χ4n) is 3.64. The van der Waals surface area contributed by atoms with E-state index in [-0.39, 0.29) is 17.8 Å². The number of methoxy groups -OCH3 is 1. The van der Waals surface area contributed by atoms with E-state index < -0.39 is 29.7 Å².